The molecule has 0 saturated heterocycles. The van der Waals surface area contributed by atoms with Crippen molar-refractivity contribution in [2.24, 2.45) is 0 Å². The molecule has 1 N–H and O–H groups in total. The summed E-state index contributed by atoms with van der Waals surface area (Å²) in [7, 11) is 0. The van der Waals surface area contributed by atoms with Gasteiger partial charge in [0.05, 0.1) is 10.4 Å². The molecule has 2 rings (SSSR count). The van der Waals surface area contributed by atoms with E-state index in [1.165, 1.54) is 0 Å². The van der Waals surface area contributed by atoms with Gasteiger partial charge in [0.1, 0.15) is 10.5 Å². The number of rotatable bonds is 1. The molecule has 0 radical (unpaired) electrons. The number of nitrogens with zero attached hydrogens (tertiary/aromatic N) is 2. The number of nitro benzene ring substituents is 1. The van der Waals surface area contributed by atoms with Crippen LogP contribution in [0.1, 0.15) is 5.82 Å². The summed E-state index contributed by atoms with van der Waals surface area (Å²) in [5, 5.41) is 10.1. The summed E-state index contributed by atoms with van der Waals surface area (Å²) in [4.78, 5) is 15.0. The number of H-pyrrole nitrogens is 1. The Morgan fingerprint density at radius 1 is 1.41 bits per heavy atom. The average molecular weight is 266 g/mol. The number of halogens is 4. The third-order valence-electron chi connectivity index (χ3n) is 2.04. The summed E-state index contributed by atoms with van der Waals surface area (Å²) in [6.45, 7) is 0. The van der Waals surface area contributed by atoms with Crippen molar-refractivity contribution in [3.05, 3.63) is 33.1 Å². The van der Waals surface area contributed by atoms with Crippen molar-refractivity contribution >= 4 is 28.3 Å². The number of benzene rings is 1. The molecule has 9 heteroatoms. The number of hydrogen-bond acceptors (Lipinski definition) is 3. The molecule has 0 bridgehead atoms. The topological polar surface area (TPSA) is 71.8 Å². The Kier molecular flexibility index (Phi) is 2.46. The highest BCUT2D eigenvalue weighted by Gasteiger charge is 2.35. The number of aromatic nitrogens is 2. The second-order valence-electron chi connectivity index (χ2n) is 3.14. The standard InChI is InChI=1S/C8H3ClF3N3O2/c9-5-4(15(16)17)2-1-3-6(5)14-7(13-3)8(10,11)12/h1-2H,(H,13,14). The van der Waals surface area contributed by atoms with Crippen LogP contribution in [0.3, 0.4) is 0 Å². The minimum absolute atomic E-state index is 0.00655. The Labute approximate surface area is 96.4 Å². The molecule has 0 aliphatic heterocycles. The monoisotopic (exact) mass is 265 g/mol. The molecule has 2 aromatic rings. The summed E-state index contributed by atoms with van der Waals surface area (Å²) in [5.41, 5.74) is -0.763. The van der Waals surface area contributed by atoms with E-state index in [-0.39, 0.29) is 11.0 Å². The molecule has 17 heavy (non-hydrogen) atoms. The van der Waals surface area contributed by atoms with Gasteiger partial charge in [0.15, 0.2) is 0 Å². The fourth-order valence-electron chi connectivity index (χ4n) is 1.31. The van der Waals surface area contributed by atoms with Gasteiger partial charge in [-0.1, -0.05) is 11.6 Å². The molecule has 0 spiro atoms. The third-order valence-corrected chi connectivity index (χ3v) is 2.41. The molecule has 0 atom stereocenters. The molecule has 0 saturated carbocycles. The Hall–Kier alpha value is -1.83. The minimum Gasteiger partial charge on any atom is -0.334 e. The van der Waals surface area contributed by atoms with E-state index in [4.69, 9.17) is 11.6 Å². The highest BCUT2D eigenvalue weighted by Crippen LogP contribution is 2.34. The fraction of sp³-hybridized carbons (Fsp3) is 0.125. The van der Waals surface area contributed by atoms with Crippen molar-refractivity contribution < 1.29 is 18.1 Å². The van der Waals surface area contributed by atoms with Crippen LogP contribution in [-0.4, -0.2) is 14.9 Å². The summed E-state index contributed by atoms with van der Waals surface area (Å²) in [6.07, 6.45) is -4.66. The van der Waals surface area contributed by atoms with Crippen molar-refractivity contribution in [3.8, 4) is 0 Å². The molecule has 1 aromatic carbocycles. The van der Waals surface area contributed by atoms with E-state index in [9.17, 15) is 23.3 Å². The molecule has 1 aromatic heterocycles. The van der Waals surface area contributed by atoms with Crippen LogP contribution >= 0.6 is 11.6 Å². The van der Waals surface area contributed by atoms with Crippen LogP contribution in [0.5, 0.6) is 0 Å². The van der Waals surface area contributed by atoms with Gasteiger partial charge in [-0.05, 0) is 6.07 Å². The molecule has 90 valence electrons. The summed E-state index contributed by atoms with van der Waals surface area (Å²) in [5.74, 6) is -1.24. The highest BCUT2D eigenvalue weighted by molar-refractivity contribution is 6.37. The molecule has 0 amide bonds. The molecule has 1 heterocycles. The summed E-state index contributed by atoms with van der Waals surface area (Å²) in [6, 6.07) is 2.14. The van der Waals surface area contributed by atoms with Gasteiger partial charge in [-0.2, -0.15) is 13.2 Å². The van der Waals surface area contributed by atoms with Gasteiger partial charge < -0.3 is 4.98 Å². The van der Waals surface area contributed by atoms with E-state index in [0.29, 0.717) is 0 Å². The number of imidazole rings is 1. The maximum absolute atomic E-state index is 12.3. The number of nitro groups is 1. The third kappa shape index (κ3) is 1.91. The first-order valence-corrected chi connectivity index (χ1v) is 4.58. The van der Waals surface area contributed by atoms with Crippen molar-refractivity contribution in [2.45, 2.75) is 6.18 Å². The molecular formula is C8H3ClF3N3O2. The molecule has 0 unspecified atom stereocenters. The normalized spacial score (nSPS) is 12.0. The fourth-order valence-corrected chi connectivity index (χ4v) is 1.58. The van der Waals surface area contributed by atoms with Crippen molar-refractivity contribution in [1.29, 1.82) is 0 Å². The van der Waals surface area contributed by atoms with E-state index in [1.54, 1.807) is 0 Å². The van der Waals surface area contributed by atoms with Crippen molar-refractivity contribution in [1.82, 2.24) is 9.97 Å². The van der Waals surface area contributed by atoms with Gasteiger partial charge in [-0.25, -0.2) is 4.98 Å². The number of hydrogen-bond donors (Lipinski definition) is 1. The Morgan fingerprint density at radius 2 is 2.06 bits per heavy atom. The van der Waals surface area contributed by atoms with Gasteiger partial charge in [-0.3, -0.25) is 10.1 Å². The molecule has 5 nitrogen and oxygen atoms in total. The Balaban J connectivity index is 2.70. The smallest absolute Gasteiger partial charge is 0.334 e. The van der Waals surface area contributed by atoms with Gasteiger partial charge in [0, 0.05) is 6.07 Å². The molecule has 0 aliphatic carbocycles. The first-order valence-electron chi connectivity index (χ1n) is 4.20. The van der Waals surface area contributed by atoms with Gasteiger partial charge in [-0.15, -0.1) is 0 Å². The van der Waals surface area contributed by atoms with E-state index < -0.39 is 27.6 Å². The first kappa shape index (κ1) is 11.6. The Bertz CT molecular complexity index is 608. The number of fused-ring (bicyclic) bond motifs is 1. The molecular weight excluding hydrogens is 263 g/mol. The van der Waals surface area contributed by atoms with Crippen LogP contribution in [-0.2, 0) is 6.18 Å². The molecule has 0 aliphatic rings. The first-order chi connectivity index (χ1) is 7.80. The van der Waals surface area contributed by atoms with Crippen molar-refractivity contribution in [2.75, 3.05) is 0 Å². The average Bonchev–Trinajstić information content (AvgIpc) is 2.61. The lowest BCUT2D eigenvalue weighted by atomic mass is 10.3. The highest BCUT2D eigenvalue weighted by atomic mass is 35.5. The lowest BCUT2D eigenvalue weighted by molar-refractivity contribution is -0.384. The second kappa shape index (κ2) is 3.59. The number of nitrogens with one attached hydrogen (secondary N) is 1. The van der Waals surface area contributed by atoms with Crippen LogP contribution in [0.25, 0.3) is 11.0 Å². The quantitative estimate of drug-likeness (QED) is 0.636. The maximum atomic E-state index is 12.3. The zero-order valence-corrected chi connectivity index (χ0v) is 8.63. The lowest BCUT2D eigenvalue weighted by Gasteiger charge is -1.98. The Morgan fingerprint density at radius 3 is 2.59 bits per heavy atom. The second-order valence-corrected chi connectivity index (χ2v) is 3.51. The van der Waals surface area contributed by atoms with E-state index in [0.717, 1.165) is 12.1 Å². The van der Waals surface area contributed by atoms with Gasteiger partial charge >= 0.3 is 6.18 Å². The SMILES string of the molecule is O=[N+]([O-])c1ccc2[nH]c(C(F)(F)F)nc2c1Cl. The predicted molar refractivity (Wildman–Crippen MR) is 52.8 cm³/mol. The van der Waals surface area contributed by atoms with E-state index in [1.807, 2.05) is 4.98 Å². The predicted octanol–water partition coefficient (Wildman–Crippen LogP) is 3.14. The van der Waals surface area contributed by atoms with E-state index in [2.05, 4.69) is 4.98 Å². The van der Waals surface area contributed by atoms with Crippen LogP contribution in [0.4, 0.5) is 18.9 Å². The van der Waals surface area contributed by atoms with Crippen LogP contribution < -0.4 is 0 Å². The van der Waals surface area contributed by atoms with Gasteiger partial charge in [0.2, 0.25) is 5.82 Å². The van der Waals surface area contributed by atoms with Crippen LogP contribution in [0.2, 0.25) is 5.02 Å². The molecule has 0 fully saturated rings. The van der Waals surface area contributed by atoms with Crippen LogP contribution in [0, 0.1) is 10.1 Å². The summed E-state index contributed by atoms with van der Waals surface area (Å²) >= 11 is 5.61. The minimum atomic E-state index is -4.66. The zero-order chi connectivity index (χ0) is 12.8. The number of aromatic amines is 1. The van der Waals surface area contributed by atoms with Crippen LogP contribution in [0.15, 0.2) is 12.1 Å². The van der Waals surface area contributed by atoms with E-state index >= 15 is 0 Å². The van der Waals surface area contributed by atoms with Gasteiger partial charge in [0.25, 0.3) is 5.69 Å². The lowest BCUT2D eigenvalue weighted by Crippen LogP contribution is -2.06. The summed E-state index contributed by atoms with van der Waals surface area (Å²) < 4.78 is 37.0. The maximum Gasteiger partial charge on any atom is 0.449 e. The number of alkyl halides is 3. The van der Waals surface area contributed by atoms with Crippen molar-refractivity contribution in [3.63, 3.8) is 0 Å². The zero-order valence-electron chi connectivity index (χ0n) is 7.88. The largest absolute Gasteiger partial charge is 0.449 e.